The van der Waals surface area contributed by atoms with Gasteiger partial charge in [-0.1, -0.05) is 17.7 Å². The average Bonchev–Trinajstić information content (AvgIpc) is 2.63. The fraction of sp³-hybridized carbons (Fsp3) is 0.611. The molecule has 2 fully saturated rings. The van der Waals surface area contributed by atoms with Crippen molar-refractivity contribution in [2.75, 3.05) is 45.5 Å². The van der Waals surface area contributed by atoms with Gasteiger partial charge in [-0.2, -0.15) is 0 Å². The quantitative estimate of drug-likeness (QED) is 0.749. The summed E-state index contributed by atoms with van der Waals surface area (Å²) in [6.07, 6.45) is 2.37. The molecule has 2 saturated heterocycles. The highest BCUT2D eigenvalue weighted by molar-refractivity contribution is 7.88. The fourth-order valence-corrected chi connectivity index (χ4v) is 4.81. The summed E-state index contributed by atoms with van der Waals surface area (Å²) >= 11 is 6.10. The lowest BCUT2D eigenvalue weighted by atomic mass is 9.96. The summed E-state index contributed by atoms with van der Waals surface area (Å²) in [4.78, 5) is 16.8. The van der Waals surface area contributed by atoms with Crippen molar-refractivity contribution in [3.8, 4) is 0 Å². The molecule has 0 bridgehead atoms. The van der Waals surface area contributed by atoms with Crippen molar-refractivity contribution in [1.82, 2.24) is 14.1 Å². The number of sulfonamides is 1. The summed E-state index contributed by atoms with van der Waals surface area (Å²) in [5, 5.41) is 0.422. The molecule has 6 nitrogen and oxygen atoms in total. The van der Waals surface area contributed by atoms with Crippen molar-refractivity contribution in [2.45, 2.75) is 19.4 Å². The van der Waals surface area contributed by atoms with E-state index in [1.165, 1.54) is 22.7 Å². The highest BCUT2D eigenvalue weighted by Gasteiger charge is 2.32. The molecule has 0 spiro atoms. The molecule has 0 atom stereocenters. The van der Waals surface area contributed by atoms with E-state index in [9.17, 15) is 17.6 Å². The van der Waals surface area contributed by atoms with Crippen molar-refractivity contribution < 1.29 is 17.6 Å². The van der Waals surface area contributed by atoms with Gasteiger partial charge in [0.05, 0.1) is 6.26 Å². The normalized spacial score (nSPS) is 20.8. The predicted octanol–water partition coefficient (Wildman–Crippen LogP) is 1.79. The third kappa shape index (κ3) is 5.19. The van der Waals surface area contributed by atoms with Gasteiger partial charge >= 0.3 is 0 Å². The Morgan fingerprint density at radius 3 is 2.33 bits per heavy atom. The van der Waals surface area contributed by atoms with Crippen LogP contribution in [0.4, 0.5) is 4.39 Å². The van der Waals surface area contributed by atoms with Crippen LogP contribution in [0.1, 0.15) is 18.4 Å². The molecule has 9 heteroatoms. The van der Waals surface area contributed by atoms with Crippen molar-refractivity contribution in [1.29, 1.82) is 0 Å². The van der Waals surface area contributed by atoms with Crippen LogP contribution in [0.15, 0.2) is 18.2 Å². The van der Waals surface area contributed by atoms with Crippen LogP contribution in [0.2, 0.25) is 5.02 Å². The Kier molecular flexibility index (Phi) is 6.40. The van der Waals surface area contributed by atoms with E-state index in [1.54, 1.807) is 6.07 Å². The fourth-order valence-electron chi connectivity index (χ4n) is 3.71. The first-order chi connectivity index (χ1) is 12.7. The van der Waals surface area contributed by atoms with Crippen LogP contribution >= 0.6 is 11.6 Å². The van der Waals surface area contributed by atoms with E-state index in [1.807, 2.05) is 4.90 Å². The second-order valence-electron chi connectivity index (χ2n) is 7.27. The minimum Gasteiger partial charge on any atom is -0.340 e. The molecule has 0 N–H and O–H groups in total. The molecule has 3 rings (SSSR count). The minimum absolute atomic E-state index is 0.0962. The van der Waals surface area contributed by atoms with Crippen LogP contribution in [0, 0.1) is 11.7 Å². The largest absolute Gasteiger partial charge is 0.340 e. The van der Waals surface area contributed by atoms with Gasteiger partial charge in [0.2, 0.25) is 15.9 Å². The number of rotatable bonds is 4. The van der Waals surface area contributed by atoms with Gasteiger partial charge in [0.1, 0.15) is 5.82 Å². The molecular formula is C18H25ClFN3O3S. The van der Waals surface area contributed by atoms with E-state index < -0.39 is 10.0 Å². The lowest BCUT2D eigenvalue weighted by Gasteiger charge is -2.38. The number of hydrogen-bond acceptors (Lipinski definition) is 4. The lowest BCUT2D eigenvalue weighted by molar-refractivity contribution is -0.138. The third-order valence-corrected chi connectivity index (χ3v) is 7.02. The Labute approximate surface area is 164 Å². The van der Waals surface area contributed by atoms with Gasteiger partial charge in [0.25, 0.3) is 0 Å². The number of carbonyl (C=O) groups excluding carboxylic acids is 1. The summed E-state index contributed by atoms with van der Waals surface area (Å²) in [5.74, 6) is -0.315. The van der Waals surface area contributed by atoms with Crippen LogP contribution in [0.3, 0.4) is 0 Å². The molecule has 2 aliphatic rings. The Hall–Kier alpha value is -1.22. The third-order valence-electron chi connectivity index (χ3n) is 5.37. The summed E-state index contributed by atoms with van der Waals surface area (Å²) in [6, 6.07) is 4.42. The number of halogens is 2. The van der Waals surface area contributed by atoms with E-state index in [0.717, 1.165) is 18.7 Å². The number of hydrogen-bond donors (Lipinski definition) is 0. The van der Waals surface area contributed by atoms with E-state index in [2.05, 4.69) is 4.90 Å². The van der Waals surface area contributed by atoms with Crippen LogP contribution in [-0.2, 0) is 21.4 Å². The second-order valence-corrected chi connectivity index (χ2v) is 9.66. The average molecular weight is 418 g/mol. The van der Waals surface area contributed by atoms with Gasteiger partial charge in [-0.25, -0.2) is 17.1 Å². The number of benzene rings is 1. The number of nitrogens with zero attached hydrogens (tertiary/aromatic N) is 3. The zero-order valence-corrected chi connectivity index (χ0v) is 17.0. The zero-order valence-electron chi connectivity index (χ0n) is 15.4. The molecule has 1 amide bonds. The summed E-state index contributed by atoms with van der Waals surface area (Å²) in [7, 11) is -3.18. The maximum atomic E-state index is 13.2. The Morgan fingerprint density at radius 1 is 1.15 bits per heavy atom. The maximum absolute atomic E-state index is 13.2. The van der Waals surface area contributed by atoms with E-state index in [-0.39, 0.29) is 17.6 Å². The van der Waals surface area contributed by atoms with Gasteiger partial charge in [-0.3, -0.25) is 9.69 Å². The van der Waals surface area contributed by atoms with Gasteiger partial charge in [0, 0.05) is 56.8 Å². The highest BCUT2D eigenvalue weighted by atomic mass is 35.5. The van der Waals surface area contributed by atoms with Crippen LogP contribution in [0.5, 0.6) is 0 Å². The van der Waals surface area contributed by atoms with E-state index >= 15 is 0 Å². The highest BCUT2D eigenvalue weighted by Crippen LogP contribution is 2.23. The van der Waals surface area contributed by atoms with E-state index in [0.29, 0.717) is 50.6 Å². The SMILES string of the molecule is CS(=O)(=O)N1CCC(C(=O)N2CCN(Cc3ccc(F)cc3Cl)CC2)CC1. The molecule has 1 aromatic rings. The first kappa shape index (κ1) is 20.5. The number of piperazine rings is 1. The molecule has 0 aliphatic carbocycles. The Balaban J connectivity index is 1.48. The smallest absolute Gasteiger partial charge is 0.225 e. The number of amides is 1. The van der Waals surface area contributed by atoms with Crippen molar-refractivity contribution in [3.63, 3.8) is 0 Å². The van der Waals surface area contributed by atoms with Crippen molar-refractivity contribution >= 4 is 27.5 Å². The summed E-state index contributed by atoms with van der Waals surface area (Å²) in [6.45, 7) is 4.22. The monoisotopic (exact) mass is 417 g/mol. The molecule has 0 unspecified atom stereocenters. The topological polar surface area (TPSA) is 60.9 Å². The first-order valence-electron chi connectivity index (χ1n) is 9.14. The van der Waals surface area contributed by atoms with Crippen molar-refractivity contribution in [3.05, 3.63) is 34.6 Å². The molecule has 2 aliphatic heterocycles. The van der Waals surface area contributed by atoms with Crippen LogP contribution < -0.4 is 0 Å². The minimum atomic E-state index is -3.18. The van der Waals surface area contributed by atoms with Crippen molar-refractivity contribution in [2.24, 2.45) is 5.92 Å². The van der Waals surface area contributed by atoms with Crippen LogP contribution in [-0.4, -0.2) is 74.0 Å². The lowest BCUT2D eigenvalue weighted by Crippen LogP contribution is -2.51. The van der Waals surface area contributed by atoms with E-state index in [4.69, 9.17) is 11.6 Å². The maximum Gasteiger partial charge on any atom is 0.225 e. The van der Waals surface area contributed by atoms with Crippen LogP contribution in [0.25, 0.3) is 0 Å². The zero-order chi connectivity index (χ0) is 19.6. The van der Waals surface area contributed by atoms with Gasteiger partial charge in [-0.15, -0.1) is 0 Å². The first-order valence-corrected chi connectivity index (χ1v) is 11.4. The van der Waals surface area contributed by atoms with Gasteiger partial charge in [-0.05, 0) is 30.5 Å². The number of carbonyl (C=O) groups is 1. The molecule has 1 aromatic carbocycles. The van der Waals surface area contributed by atoms with Gasteiger partial charge in [0.15, 0.2) is 0 Å². The molecule has 27 heavy (non-hydrogen) atoms. The molecule has 0 radical (unpaired) electrons. The number of piperidine rings is 1. The summed E-state index contributed by atoms with van der Waals surface area (Å²) < 4.78 is 37.8. The molecular weight excluding hydrogens is 393 g/mol. The molecule has 0 aromatic heterocycles. The summed E-state index contributed by atoms with van der Waals surface area (Å²) in [5.41, 5.74) is 0.881. The molecule has 150 valence electrons. The Morgan fingerprint density at radius 2 is 1.78 bits per heavy atom. The standard InChI is InChI=1S/C18H25ClFN3O3S/c1-27(25,26)23-6-4-14(5-7-23)18(24)22-10-8-21(9-11-22)13-15-2-3-16(20)12-17(15)19/h2-3,12,14H,4-11,13H2,1H3. The Bertz CT molecular complexity index is 789. The molecule has 2 heterocycles. The predicted molar refractivity (Wildman–Crippen MR) is 102 cm³/mol. The second kappa shape index (κ2) is 8.43. The molecule has 0 saturated carbocycles. The van der Waals surface area contributed by atoms with Gasteiger partial charge < -0.3 is 4.90 Å².